The van der Waals surface area contributed by atoms with Crippen molar-refractivity contribution >= 4 is 29.6 Å². The number of hydrogen-bond acceptors (Lipinski definition) is 5. The number of urea groups is 1. The Bertz CT molecular complexity index is 600. The Hall–Kier alpha value is -2.49. The molecule has 0 bridgehead atoms. The normalized spacial score (nSPS) is 12.6. The predicted octanol–water partition coefficient (Wildman–Crippen LogP) is 0.530. The van der Waals surface area contributed by atoms with Gasteiger partial charge in [0.1, 0.15) is 17.6 Å². The smallest absolute Gasteiger partial charge is 0.312 e. The molecule has 138 valence electrons. The molecule has 10 heteroatoms. The molecule has 5 N–H and O–H groups in total. The number of thioether (sulfide) groups is 1. The zero-order valence-corrected chi connectivity index (χ0v) is 14.7. The Kier molecular flexibility index (Phi) is 8.54. The molecule has 0 radical (unpaired) electrons. The van der Waals surface area contributed by atoms with Crippen molar-refractivity contribution in [3.8, 4) is 5.75 Å². The Labute approximate surface area is 149 Å². The molecule has 0 saturated carbocycles. The van der Waals surface area contributed by atoms with Gasteiger partial charge in [0.25, 0.3) is 11.8 Å². The lowest BCUT2D eigenvalue weighted by atomic mass is 10.2. The standard InChI is InChI=1S/C15H21FN4O4S/c1-9(24-11-5-3-10(16)4-6-11)13(21)19-20-14(22)12(7-8-25-2)18-15(17)23/h3-6,9,12H,7-8H2,1-2H3,(H,19,21)(H,20,22)(H3,17,18,23)/t9-,12-/m0/s1. The topological polar surface area (TPSA) is 123 Å². The van der Waals surface area contributed by atoms with Gasteiger partial charge in [-0.25, -0.2) is 9.18 Å². The number of rotatable bonds is 8. The molecule has 0 heterocycles. The summed E-state index contributed by atoms with van der Waals surface area (Å²) >= 11 is 1.50. The summed E-state index contributed by atoms with van der Waals surface area (Å²) in [6.45, 7) is 1.47. The van der Waals surface area contributed by atoms with Crippen LogP contribution in [0.4, 0.5) is 9.18 Å². The summed E-state index contributed by atoms with van der Waals surface area (Å²) in [5.41, 5.74) is 9.45. The van der Waals surface area contributed by atoms with E-state index >= 15 is 0 Å². The van der Waals surface area contributed by atoms with Crippen LogP contribution in [0.2, 0.25) is 0 Å². The van der Waals surface area contributed by atoms with E-state index in [1.165, 1.54) is 43.0 Å². The van der Waals surface area contributed by atoms with Crippen LogP contribution < -0.4 is 26.6 Å². The van der Waals surface area contributed by atoms with Crippen LogP contribution in [-0.4, -0.2) is 42.0 Å². The van der Waals surface area contributed by atoms with Crippen molar-refractivity contribution in [3.05, 3.63) is 30.1 Å². The minimum absolute atomic E-state index is 0.309. The Morgan fingerprint density at radius 3 is 2.36 bits per heavy atom. The Morgan fingerprint density at radius 2 is 1.80 bits per heavy atom. The number of primary amides is 1. The summed E-state index contributed by atoms with van der Waals surface area (Å²) in [5, 5.41) is 2.31. The largest absolute Gasteiger partial charge is 0.481 e. The number of nitrogens with two attached hydrogens (primary N) is 1. The minimum Gasteiger partial charge on any atom is -0.481 e. The Balaban J connectivity index is 2.50. The molecule has 1 rings (SSSR count). The summed E-state index contributed by atoms with van der Waals surface area (Å²) in [7, 11) is 0. The average molecular weight is 372 g/mol. The van der Waals surface area contributed by atoms with Gasteiger partial charge in [0, 0.05) is 0 Å². The van der Waals surface area contributed by atoms with Gasteiger partial charge in [-0.3, -0.25) is 20.4 Å². The molecule has 0 spiro atoms. The number of halogens is 1. The highest BCUT2D eigenvalue weighted by Crippen LogP contribution is 2.12. The van der Waals surface area contributed by atoms with E-state index in [2.05, 4.69) is 16.2 Å². The summed E-state index contributed by atoms with van der Waals surface area (Å²) < 4.78 is 18.2. The van der Waals surface area contributed by atoms with Gasteiger partial charge >= 0.3 is 6.03 Å². The van der Waals surface area contributed by atoms with E-state index in [0.29, 0.717) is 17.9 Å². The first-order valence-corrected chi connectivity index (χ1v) is 8.79. The van der Waals surface area contributed by atoms with Crippen molar-refractivity contribution in [3.63, 3.8) is 0 Å². The summed E-state index contributed by atoms with van der Waals surface area (Å²) in [6, 6.07) is 3.47. The highest BCUT2D eigenvalue weighted by molar-refractivity contribution is 7.98. The quantitative estimate of drug-likeness (QED) is 0.496. The first-order chi connectivity index (χ1) is 11.8. The van der Waals surface area contributed by atoms with Gasteiger partial charge in [0.15, 0.2) is 6.10 Å². The summed E-state index contributed by atoms with van der Waals surface area (Å²) in [4.78, 5) is 34.9. The van der Waals surface area contributed by atoms with Crippen LogP contribution in [-0.2, 0) is 9.59 Å². The van der Waals surface area contributed by atoms with Crippen molar-refractivity contribution in [1.29, 1.82) is 0 Å². The van der Waals surface area contributed by atoms with Gasteiger partial charge in [-0.05, 0) is 49.6 Å². The van der Waals surface area contributed by atoms with Crippen LogP contribution in [0.5, 0.6) is 5.75 Å². The molecular weight excluding hydrogens is 351 g/mol. The Morgan fingerprint density at radius 1 is 1.20 bits per heavy atom. The van der Waals surface area contributed by atoms with E-state index in [1.54, 1.807) is 0 Å². The van der Waals surface area contributed by atoms with Gasteiger partial charge < -0.3 is 15.8 Å². The molecule has 0 aromatic heterocycles. The fourth-order valence-electron chi connectivity index (χ4n) is 1.76. The van der Waals surface area contributed by atoms with Gasteiger partial charge in [-0.1, -0.05) is 0 Å². The number of amides is 4. The molecule has 0 fully saturated rings. The average Bonchev–Trinajstić information content (AvgIpc) is 2.57. The molecule has 0 aliphatic carbocycles. The third-order valence-corrected chi connectivity index (χ3v) is 3.69. The zero-order valence-electron chi connectivity index (χ0n) is 13.9. The fraction of sp³-hybridized carbons (Fsp3) is 0.400. The van der Waals surface area contributed by atoms with Gasteiger partial charge in [-0.2, -0.15) is 11.8 Å². The van der Waals surface area contributed by atoms with Crippen molar-refractivity contribution < 1.29 is 23.5 Å². The van der Waals surface area contributed by atoms with E-state index in [-0.39, 0.29) is 0 Å². The van der Waals surface area contributed by atoms with Crippen molar-refractivity contribution in [1.82, 2.24) is 16.2 Å². The number of ether oxygens (including phenoxy) is 1. The molecule has 2 atom stereocenters. The van der Waals surface area contributed by atoms with Crippen LogP contribution in [0.3, 0.4) is 0 Å². The minimum atomic E-state index is -0.931. The van der Waals surface area contributed by atoms with Crippen molar-refractivity contribution in [2.45, 2.75) is 25.5 Å². The second kappa shape index (κ2) is 10.4. The molecule has 0 aliphatic rings. The molecular formula is C15H21FN4O4S. The number of carbonyl (C=O) groups excluding carboxylic acids is 3. The second-order valence-corrected chi connectivity index (χ2v) is 6.02. The van der Waals surface area contributed by atoms with E-state index in [1.807, 2.05) is 6.26 Å². The van der Waals surface area contributed by atoms with E-state index in [4.69, 9.17) is 10.5 Å². The maximum Gasteiger partial charge on any atom is 0.312 e. The summed E-state index contributed by atoms with van der Waals surface area (Å²) in [5.74, 6) is -0.703. The van der Waals surface area contributed by atoms with E-state index < -0.39 is 35.8 Å². The first-order valence-electron chi connectivity index (χ1n) is 7.40. The number of hydrazine groups is 1. The van der Waals surface area contributed by atoms with Gasteiger partial charge in [0.2, 0.25) is 0 Å². The molecule has 4 amide bonds. The van der Waals surface area contributed by atoms with E-state index in [0.717, 1.165) is 0 Å². The molecule has 0 aliphatic heterocycles. The number of nitrogens with one attached hydrogen (secondary N) is 3. The SMILES string of the molecule is CSCC[C@H](NC(N)=O)C(=O)NNC(=O)[C@H](C)Oc1ccc(F)cc1. The van der Waals surface area contributed by atoms with Gasteiger partial charge in [-0.15, -0.1) is 0 Å². The highest BCUT2D eigenvalue weighted by Gasteiger charge is 2.21. The van der Waals surface area contributed by atoms with E-state index in [9.17, 15) is 18.8 Å². The maximum absolute atomic E-state index is 12.8. The summed E-state index contributed by atoms with van der Waals surface area (Å²) in [6.07, 6.45) is 1.28. The van der Waals surface area contributed by atoms with Crippen molar-refractivity contribution in [2.24, 2.45) is 5.73 Å². The number of benzene rings is 1. The maximum atomic E-state index is 12.8. The third kappa shape index (κ3) is 7.75. The van der Waals surface area contributed by atoms with Crippen LogP contribution >= 0.6 is 11.8 Å². The monoisotopic (exact) mass is 372 g/mol. The lowest BCUT2D eigenvalue weighted by Crippen LogP contribution is -2.55. The van der Waals surface area contributed by atoms with Crippen LogP contribution in [0.1, 0.15) is 13.3 Å². The molecule has 0 unspecified atom stereocenters. The molecule has 1 aromatic rings. The van der Waals surface area contributed by atoms with Crippen molar-refractivity contribution in [2.75, 3.05) is 12.0 Å². The molecule has 25 heavy (non-hydrogen) atoms. The van der Waals surface area contributed by atoms with Crippen LogP contribution in [0.25, 0.3) is 0 Å². The number of carbonyl (C=O) groups is 3. The van der Waals surface area contributed by atoms with Crippen LogP contribution in [0, 0.1) is 5.82 Å². The molecule has 0 saturated heterocycles. The second-order valence-electron chi connectivity index (χ2n) is 5.04. The fourth-order valence-corrected chi connectivity index (χ4v) is 2.23. The van der Waals surface area contributed by atoms with Gasteiger partial charge in [0.05, 0.1) is 0 Å². The van der Waals surface area contributed by atoms with Crippen LogP contribution in [0.15, 0.2) is 24.3 Å². The molecule has 1 aromatic carbocycles. The lowest BCUT2D eigenvalue weighted by molar-refractivity contribution is -0.133. The third-order valence-electron chi connectivity index (χ3n) is 3.05. The first kappa shape index (κ1) is 20.6. The predicted molar refractivity (Wildman–Crippen MR) is 92.3 cm³/mol. The molecule has 8 nitrogen and oxygen atoms in total. The zero-order chi connectivity index (χ0) is 18.8. The lowest BCUT2D eigenvalue weighted by Gasteiger charge is -2.19. The number of hydrogen-bond donors (Lipinski definition) is 4. The highest BCUT2D eigenvalue weighted by atomic mass is 32.2.